The van der Waals surface area contributed by atoms with Gasteiger partial charge in [0.25, 0.3) is 0 Å². The first-order valence-corrected chi connectivity index (χ1v) is 5.34. The van der Waals surface area contributed by atoms with Crippen LogP contribution < -0.4 is 11.2 Å². The maximum Gasteiger partial charge on any atom is 0.203 e. The molecular weight excluding hydrogens is 176 g/mol. The molecular formula is C10H22N4. The van der Waals surface area contributed by atoms with Crippen molar-refractivity contribution in [2.45, 2.75) is 45.6 Å². The molecule has 1 fully saturated rings. The Labute approximate surface area is 86.5 Å². The fourth-order valence-electron chi connectivity index (χ4n) is 1.55. The van der Waals surface area contributed by atoms with Crippen molar-refractivity contribution in [2.75, 3.05) is 13.1 Å². The second-order valence-corrected chi connectivity index (χ2v) is 4.83. The van der Waals surface area contributed by atoms with Crippen LogP contribution in [0.25, 0.3) is 0 Å². The van der Waals surface area contributed by atoms with E-state index in [2.05, 4.69) is 15.4 Å². The molecule has 1 saturated heterocycles. The number of hydrogen-bond acceptors (Lipinski definition) is 2. The van der Waals surface area contributed by atoms with Crippen molar-refractivity contribution in [2.24, 2.45) is 10.7 Å². The summed E-state index contributed by atoms with van der Waals surface area (Å²) in [5.74, 6) is 0.527. The molecule has 82 valence electrons. The molecule has 1 aliphatic rings. The van der Waals surface area contributed by atoms with E-state index in [0.717, 1.165) is 13.1 Å². The molecule has 0 radical (unpaired) electrons. The molecule has 0 bridgehead atoms. The Morgan fingerprint density at radius 1 is 1.21 bits per heavy atom. The predicted octanol–water partition coefficient (Wildman–Crippen LogP) is 1.09. The van der Waals surface area contributed by atoms with E-state index in [4.69, 9.17) is 5.73 Å². The van der Waals surface area contributed by atoms with Crippen molar-refractivity contribution >= 4 is 5.96 Å². The highest BCUT2D eigenvalue weighted by molar-refractivity contribution is 5.77. The number of piperidine rings is 1. The average molecular weight is 198 g/mol. The molecule has 0 unspecified atom stereocenters. The molecule has 1 heterocycles. The van der Waals surface area contributed by atoms with Gasteiger partial charge in [0.2, 0.25) is 5.96 Å². The van der Waals surface area contributed by atoms with Crippen LogP contribution in [0.2, 0.25) is 0 Å². The lowest BCUT2D eigenvalue weighted by molar-refractivity contribution is 0.193. The zero-order valence-corrected chi connectivity index (χ0v) is 9.51. The number of hydrazine groups is 1. The van der Waals surface area contributed by atoms with Crippen LogP contribution in [0.4, 0.5) is 0 Å². The number of nitrogens with zero attached hydrogens (tertiary/aromatic N) is 2. The summed E-state index contributed by atoms with van der Waals surface area (Å²) in [6.07, 6.45) is 3.82. The van der Waals surface area contributed by atoms with E-state index >= 15 is 0 Å². The Bertz CT molecular complexity index is 199. The smallest absolute Gasteiger partial charge is 0.203 e. The van der Waals surface area contributed by atoms with Gasteiger partial charge in [-0.1, -0.05) is 6.42 Å². The van der Waals surface area contributed by atoms with Crippen LogP contribution in [0.5, 0.6) is 0 Å². The van der Waals surface area contributed by atoms with Crippen molar-refractivity contribution in [3.8, 4) is 0 Å². The van der Waals surface area contributed by atoms with Gasteiger partial charge in [-0.05, 0) is 33.6 Å². The Kier molecular flexibility index (Phi) is 3.75. The fourth-order valence-corrected chi connectivity index (χ4v) is 1.55. The van der Waals surface area contributed by atoms with Gasteiger partial charge < -0.3 is 5.73 Å². The highest BCUT2D eigenvalue weighted by Gasteiger charge is 2.12. The SMILES string of the molecule is CC(C)(C)N=C(N)NN1CCCCC1. The van der Waals surface area contributed by atoms with Crippen LogP contribution in [-0.4, -0.2) is 29.6 Å². The van der Waals surface area contributed by atoms with Gasteiger partial charge in [-0.3, -0.25) is 5.43 Å². The van der Waals surface area contributed by atoms with Crippen LogP contribution in [0.1, 0.15) is 40.0 Å². The standard InChI is InChI=1S/C10H22N4/c1-10(2,3)12-9(11)13-14-7-5-4-6-8-14/h4-8H2,1-3H3,(H3,11,12,13). The van der Waals surface area contributed by atoms with Gasteiger partial charge >= 0.3 is 0 Å². The van der Waals surface area contributed by atoms with Gasteiger partial charge in [-0.2, -0.15) is 0 Å². The van der Waals surface area contributed by atoms with E-state index in [1.165, 1.54) is 19.3 Å². The summed E-state index contributed by atoms with van der Waals surface area (Å²) in [5.41, 5.74) is 8.82. The topological polar surface area (TPSA) is 53.6 Å². The molecule has 1 aliphatic heterocycles. The molecule has 1 rings (SSSR count). The molecule has 0 aromatic rings. The van der Waals surface area contributed by atoms with Crippen molar-refractivity contribution in [3.63, 3.8) is 0 Å². The molecule has 4 nitrogen and oxygen atoms in total. The largest absolute Gasteiger partial charge is 0.369 e. The number of rotatable bonds is 1. The zero-order valence-electron chi connectivity index (χ0n) is 9.51. The highest BCUT2D eigenvalue weighted by Crippen LogP contribution is 2.07. The first-order chi connectivity index (χ1) is 6.47. The minimum absolute atomic E-state index is 0.104. The summed E-state index contributed by atoms with van der Waals surface area (Å²) >= 11 is 0. The van der Waals surface area contributed by atoms with Gasteiger partial charge in [0.15, 0.2) is 0 Å². The fraction of sp³-hybridized carbons (Fsp3) is 0.900. The molecule has 0 atom stereocenters. The molecule has 0 aromatic carbocycles. The maximum atomic E-state index is 5.79. The van der Waals surface area contributed by atoms with Crippen molar-refractivity contribution < 1.29 is 0 Å². The van der Waals surface area contributed by atoms with Crippen LogP contribution >= 0.6 is 0 Å². The third-order valence-electron chi connectivity index (χ3n) is 2.08. The van der Waals surface area contributed by atoms with Crippen LogP contribution in [-0.2, 0) is 0 Å². The lowest BCUT2D eigenvalue weighted by Crippen LogP contribution is -2.49. The second-order valence-electron chi connectivity index (χ2n) is 4.83. The summed E-state index contributed by atoms with van der Waals surface area (Å²) in [6, 6.07) is 0. The number of guanidine groups is 1. The molecule has 3 N–H and O–H groups in total. The van der Waals surface area contributed by atoms with Crippen molar-refractivity contribution in [1.82, 2.24) is 10.4 Å². The maximum absolute atomic E-state index is 5.79. The molecule has 0 spiro atoms. The predicted molar refractivity (Wildman–Crippen MR) is 59.9 cm³/mol. The minimum atomic E-state index is -0.104. The Morgan fingerprint density at radius 2 is 1.79 bits per heavy atom. The van der Waals surface area contributed by atoms with Gasteiger partial charge in [-0.25, -0.2) is 10.0 Å². The van der Waals surface area contributed by atoms with E-state index in [1.54, 1.807) is 0 Å². The van der Waals surface area contributed by atoms with Crippen LogP contribution in [0, 0.1) is 0 Å². The van der Waals surface area contributed by atoms with E-state index < -0.39 is 0 Å². The first-order valence-electron chi connectivity index (χ1n) is 5.34. The molecule has 4 heteroatoms. The lowest BCUT2D eigenvalue weighted by Gasteiger charge is -2.28. The van der Waals surface area contributed by atoms with Crippen LogP contribution in [0.15, 0.2) is 4.99 Å². The van der Waals surface area contributed by atoms with Crippen molar-refractivity contribution in [3.05, 3.63) is 0 Å². The van der Waals surface area contributed by atoms with Crippen molar-refractivity contribution in [1.29, 1.82) is 0 Å². The normalized spacial score (nSPS) is 20.9. The van der Waals surface area contributed by atoms with E-state index in [9.17, 15) is 0 Å². The molecule has 0 amide bonds. The van der Waals surface area contributed by atoms with E-state index in [-0.39, 0.29) is 5.54 Å². The minimum Gasteiger partial charge on any atom is -0.369 e. The summed E-state index contributed by atoms with van der Waals surface area (Å²) < 4.78 is 0. The molecule has 0 aliphatic carbocycles. The Balaban J connectivity index is 2.39. The third-order valence-corrected chi connectivity index (χ3v) is 2.08. The Hall–Kier alpha value is -0.770. The number of nitrogens with two attached hydrogens (primary N) is 1. The number of hydrogen-bond donors (Lipinski definition) is 2. The summed E-state index contributed by atoms with van der Waals surface area (Å²) in [4.78, 5) is 4.35. The van der Waals surface area contributed by atoms with Gasteiger partial charge in [0.05, 0.1) is 5.54 Å². The summed E-state index contributed by atoms with van der Waals surface area (Å²) in [7, 11) is 0. The molecule has 0 saturated carbocycles. The third kappa shape index (κ3) is 4.46. The lowest BCUT2D eigenvalue weighted by atomic mass is 10.1. The van der Waals surface area contributed by atoms with E-state index in [0.29, 0.717) is 5.96 Å². The molecule has 14 heavy (non-hydrogen) atoms. The number of aliphatic imine (C=N–C) groups is 1. The van der Waals surface area contributed by atoms with Gasteiger partial charge in [0.1, 0.15) is 0 Å². The van der Waals surface area contributed by atoms with Gasteiger partial charge in [-0.15, -0.1) is 0 Å². The zero-order chi connectivity index (χ0) is 10.6. The average Bonchev–Trinajstić information content (AvgIpc) is 2.02. The Morgan fingerprint density at radius 3 is 2.29 bits per heavy atom. The quantitative estimate of drug-likeness (QED) is 0.490. The highest BCUT2D eigenvalue weighted by atomic mass is 15.5. The summed E-state index contributed by atoms with van der Waals surface area (Å²) in [5, 5.41) is 2.15. The van der Waals surface area contributed by atoms with E-state index in [1.807, 2.05) is 20.8 Å². The molecule has 0 aromatic heterocycles. The second kappa shape index (κ2) is 4.64. The van der Waals surface area contributed by atoms with Crippen LogP contribution in [0.3, 0.4) is 0 Å². The summed E-state index contributed by atoms with van der Waals surface area (Å²) in [6.45, 7) is 8.26. The first kappa shape index (κ1) is 11.3. The monoisotopic (exact) mass is 198 g/mol. The number of nitrogens with one attached hydrogen (secondary N) is 1. The van der Waals surface area contributed by atoms with Gasteiger partial charge in [0, 0.05) is 13.1 Å².